The van der Waals surface area contributed by atoms with Crippen molar-refractivity contribution in [3.05, 3.63) is 243 Å². The molecule has 0 bridgehead atoms. The Balaban J connectivity index is 0.848. The van der Waals surface area contributed by atoms with Crippen LogP contribution in [0, 0.1) is 0 Å². The van der Waals surface area contributed by atoms with E-state index < -0.39 is 0 Å². The predicted molar refractivity (Wildman–Crippen MR) is 274 cm³/mol. The van der Waals surface area contributed by atoms with Gasteiger partial charge < -0.3 is 13.9 Å². The lowest BCUT2D eigenvalue weighted by atomic mass is 9.99. The molecule has 65 heavy (non-hydrogen) atoms. The number of aromatic nitrogens is 1. The predicted octanol–water partition coefficient (Wildman–Crippen LogP) is 17.5. The zero-order valence-corrected chi connectivity index (χ0v) is 35.4. The van der Waals surface area contributed by atoms with Gasteiger partial charge in [0.05, 0.1) is 16.7 Å². The molecule has 0 saturated carbocycles. The third kappa shape index (κ3) is 6.20. The molecule has 0 radical (unpaired) electrons. The fourth-order valence-corrected chi connectivity index (χ4v) is 9.99. The molecule has 3 heteroatoms. The van der Waals surface area contributed by atoms with E-state index in [0.717, 1.165) is 50.3 Å². The number of rotatable bonds is 7. The summed E-state index contributed by atoms with van der Waals surface area (Å²) in [5.74, 6) is 0. The number of furan rings is 1. The number of hydrogen-bond acceptors (Lipinski definition) is 2. The van der Waals surface area contributed by atoms with E-state index in [4.69, 9.17) is 4.42 Å². The molecule has 13 aromatic rings. The average Bonchev–Trinajstić information content (AvgIpc) is 3.94. The van der Waals surface area contributed by atoms with Crippen LogP contribution in [-0.2, 0) is 0 Å². The quantitative estimate of drug-likeness (QED) is 0.160. The van der Waals surface area contributed by atoms with Crippen LogP contribution in [0.5, 0.6) is 0 Å². The molecule has 13 rings (SSSR count). The molecule has 0 fully saturated rings. The minimum absolute atomic E-state index is 0.861. The second-order valence-corrected chi connectivity index (χ2v) is 16.9. The Kier molecular flexibility index (Phi) is 8.53. The van der Waals surface area contributed by atoms with E-state index in [9.17, 15) is 0 Å². The summed E-state index contributed by atoms with van der Waals surface area (Å²) < 4.78 is 9.17. The lowest BCUT2D eigenvalue weighted by Crippen LogP contribution is -2.10. The molecule has 0 aliphatic carbocycles. The Morgan fingerprint density at radius 2 is 0.785 bits per heavy atom. The summed E-state index contributed by atoms with van der Waals surface area (Å²) in [5, 5.41) is 9.66. The first-order chi connectivity index (χ1) is 32.2. The second kappa shape index (κ2) is 15.0. The van der Waals surface area contributed by atoms with Crippen molar-refractivity contribution >= 4 is 82.4 Å². The van der Waals surface area contributed by atoms with Crippen LogP contribution >= 0.6 is 0 Å². The normalized spacial score (nSPS) is 11.7. The highest BCUT2D eigenvalue weighted by Crippen LogP contribution is 2.44. The standard InChI is InChI=1S/C62H40N2O/c1-2-12-48-40-49(25-24-41(48)10-1)46-30-35-51(36-31-46)63(59-19-9-16-56-61-53-13-4-3-11-47(53)32-39-60(61)65-62(56)59)50-33-26-44(27-34-50)42-20-22-43(23-21-42)45-28-37-52(38-29-45)64-57-17-7-5-14-54(57)55-15-6-8-18-58(55)64/h1-40H. The van der Waals surface area contributed by atoms with Crippen LogP contribution in [0.3, 0.4) is 0 Å². The lowest BCUT2D eigenvalue weighted by Gasteiger charge is -2.26. The summed E-state index contributed by atoms with van der Waals surface area (Å²) in [6.45, 7) is 0. The van der Waals surface area contributed by atoms with Crippen LogP contribution in [0.25, 0.3) is 104 Å². The van der Waals surface area contributed by atoms with Crippen molar-refractivity contribution in [2.75, 3.05) is 4.90 Å². The molecule has 0 saturated heterocycles. The first-order valence-electron chi connectivity index (χ1n) is 22.2. The fraction of sp³-hybridized carbons (Fsp3) is 0. The van der Waals surface area contributed by atoms with Gasteiger partial charge in [-0.3, -0.25) is 0 Å². The van der Waals surface area contributed by atoms with Crippen LogP contribution in [0.1, 0.15) is 0 Å². The van der Waals surface area contributed by atoms with E-state index in [-0.39, 0.29) is 0 Å². The third-order valence-electron chi connectivity index (χ3n) is 13.2. The first-order valence-corrected chi connectivity index (χ1v) is 22.2. The van der Waals surface area contributed by atoms with Gasteiger partial charge >= 0.3 is 0 Å². The van der Waals surface area contributed by atoms with Crippen molar-refractivity contribution in [1.29, 1.82) is 0 Å². The van der Waals surface area contributed by atoms with Gasteiger partial charge in [-0.2, -0.15) is 0 Å². The Hall–Kier alpha value is -8.66. The monoisotopic (exact) mass is 828 g/mol. The summed E-state index contributed by atoms with van der Waals surface area (Å²) in [5.41, 5.74) is 15.5. The summed E-state index contributed by atoms with van der Waals surface area (Å²) in [7, 11) is 0. The minimum atomic E-state index is 0.861. The van der Waals surface area contributed by atoms with Crippen molar-refractivity contribution in [2.24, 2.45) is 0 Å². The molecule has 2 aromatic heterocycles. The van der Waals surface area contributed by atoms with Crippen molar-refractivity contribution in [2.45, 2.75) is 0 Å². The van der Waals surface area contributed by atoms with E-state index in [1.807, 2.05) is 0 Å². The smallest absolute Gasteiger partial charge is 0.159 e. The first kappa shape index (κ1) is 36.9. The van der Waals surface area contributed by atoms with Gasteiger partial charge in [0.2, 0.25) is 0 Å². The van der Waals surface area contributed by atoms with Gasteiger partial charge in [-0.1, -0.05) is 176 Å². The van der Waals surface area contributed by atoms with Crippen molar-refractivity contribution in [1.82, 2.24) is 4.57 Å². The van der Waals surface area contributed by atoms with Gasteiger partial charge in [-0.05, 0) is 122 Å². The molecular weight excluding hydrogens is 789 g/mol. The van der Waals surface area contributed by atoms with E-state index in [1.165, 1.54) is 71.2 Å². The van der Waals surface area contributed by atoms with E-state index >= 15 is 0 Å². The van der Waals surface area contributed by atoms with E-state index in [1.54, 1.807) is 0 Å². The van der Waals surface area contributed by atoms with Crippen molar-refractivity contribution < 1.29 is 4.42 Å². The maximum atomic E-state index is 6.81. The summed E-state index contributed by atoms with van der Waals surface area (Å²) in [6, 6.07) is 87.5. The zero-order valence-electron chi connectivity index (χ0n) is 35.4. The molecular formula is C62H40N2O. The number of para-hydroxylation sites is 3. The van der Waals surface area contributed by atoms with Gasteiger partial charge in [0.25, 0.3) is 0 Å². The summed E-state index contributed by atoms with van der Waals surface area (Å²) in [6.07, 6.45) is 0. The second-order valence-electron chi connectivity index (χ2n) is 16.9. The van der Waals surface area contributed by atoms with E-state index in [0.29, 0.717) is 0 Å². The Morgan fingerprint density at radius 3 is 1.42 bits per heavy atom. The topological polar surface area (TPSA) is 21.3 Å². The molecule has 0 amide bonds. The van der Waals surface area contributed by atoms with Gasteiger partial charge in [0, 0.05) is 38.6 Å². The van der Waals surface area contributed by atoms with Gasteiger partial charge in [-0.15, -0.1) is 0 Å². The van der Waals surface area contributed by atoms with Gasteiger partial charge in [-0.25, -0.2) is 0 Å². The number of hydrogen-bond donors (Lipinski definition) is 0. The van der Waals surface area contributed by atoms with Gasteiger partial charge in [0.1, 0.15) is 5.58 Å². The molecule has 0 unspecified atom stereocenters. The molecule has 11 aromatic carbocycles. The van der Waals surface area contributed by atoms with Crippen LogP contribution in [-0.4, -0.2) is 4.57 Å². The molecule has 0 atom stereocenters. The fourth-order valence-electron chi connectivity index (χ4n) is 9.99. The maximum Gasteiger partial charge on any atom is 0.159 e. The molecule has 0 aliphatic rings. The molecule has 3 nitrogen and oxygen atoms in total. The Bertz CT molecular complexity index is 3860. The summed E-state index contributed by atoms with van der Waals surface area (Å²) >= 11 is 0. The number of anilines is 3. The molecule has 0 aliphatic heterocycles. The lowest BCUT2D eigenvalue weighted by molar-refractivity contribution is 0.669. The highest BCUT2D eigenvalue weighted by Gasteiger charge is 2.21. The van der Waals surface area contributed by atoms with Crippen molar-refractivity contribution in [3.8, 4) is 39.1 Å². The number of benzene rings is 11. The van der Waals surface area contributed by atoms with E-state index in [2.05, 4.69) is 252 Å². The Labute approximate surface area is 376 Å². The Morgan fingerprint density at radius 1 is 0.323 bits per heavy atom. The summed E-state index contributed by atoms with van der Waals surface area (Å²) in [4.78, 5) is 2.33. The highest BCUT2D eigenvalue weighted by molar-refractivity contribution is 6.21. The maximum absolute atomic E-state index is 6.81. The molecule has 0 N–H and O–H groups in total. The minimum Gasteiger partial charge on any atom is -0.454 e. The van der Waals surface area contributed by atoms with Crippen molar-refractivity contribution in [3.63, 3.8) is 0 Å². The molecule has 2 heterocycles. The van der Waals surface area contributed by atoms with Crippen LogP contribution in [0.4, 0.5) is 17.1 Å². The van der Waals surface area contributed by atoms with Gasteiger partial charge in [0.15, 0.2) is 5.58 Å². The van der Waals surface area contributed by atoms with Crippen LogP contribution in [0.15, 0.2) is 247 Å². The SMILES string of the molecule is c1ccc2cc(-c3ccc(N(c4ccc(-c5ccc(-c6ccc(-n7c8ccccc8c8ccccc87)cc6)cc5)cc4)c4cccc5c4oc4ccc6ccccc6c45)cc3)ccc2c1. The average molecular weight is 829 g/mol. The van der Waals surface area contributed by atoms with Crippen LogP contribution in [0.2, 0.25) is 0 Å². The zero-order chi connectivity index (χ0) is 42.8. The van der Waals surface area contributed by atoms with Crippen LogP contribution < -0.4 is 4.90 Å². The molecule has 0 spiro atoms. The highest BCUT2D eigenvalue weighted by atomic mass is 16.3. The largest absolute Gasteiger partial charge is 0.454 e. The number of nitrogens with zero attached hydrogens (tertiary/aromatic N) is 2. The number of fused-ring (bicyclic) bond motifs is 9. The third-order valence-corrected chi connectivity index (χ3v) is 13.2. The molecule has 304 valence electrons.